The Hall–Kier alpha value is -3.49. The zero-order valence-corrected chi connectivity index (χ0v) is 19.1. The molecule has 3 heterocycles. The van der Waals surface area contributed by atoms with Crippen LogP contribution in [0.4, 0.5) is 4.79 Å². The van der Waals surface area contributed by atoms with Gasteiger partial charge in [-0.1, -0.05) is 12.1 Å². The van der Waals surface area contributed by atoms with Gasteiger partial charge in [-0.15, -0.1) is 0 Å². The van der Waals surface area contributed by atoms with Gasteiger partial charge in [0, 0.05) is 24.4 Å². The second kappa shape index (κ2) is 7.58. The lowest BCUT2D eigenvalue weighted by Crippen LogP contribution is -2.39. The van der Waals surface area contributed by atoms with E-state index in [2.05, 4.69) is 15.5 Å². The van der Waals surface area contributed by atoms with Crippen molar-refractivity contribution in [2.45, 2.75) is 59.0 Å². The third-order valence-corrected chi connectivity index (χ3v) is 5.60. The third-order valence-electron chi connectivity index (χ3n) is 5.60. The van der Waals surface area contributed by atoms with Gasteiger partial charge in [0.15, 0.2) is 0 Å². The SMILES string of the molecule is Cc1nn(C(=O)OC(C)(C)C)c(C)c1-c1ccc2c(C3CCC(=O)NC3=O)nn(C)c2c1. The Morgan fingerprint density at radius 3 is 2.56 bits per heavy atom. The van der Waals surface area contributed by atoms with E-state index in [0.29, 0.717) is 29.9 Å². The maximum Gasteiger partial charge on any atom is 0.435 e. The summed E-state index contributed by atoms with van der Waals surface area (Å²) in [5, 5.41) is 12.3. The lowest BCUT2D eigenvalue weighted by molar-refractivity contribution is -0.134. The molecule has 1 aromatic carbocycles. The maximum atomic E-state index is 12.6. The molecular weight excluding hydrogens is 410 g/mol. The van der Waals surface area contributed by atoms with Crippen molar-refractivity contribution >= 4 is 28.8 Å². The van der Waals surface area contributed by atoms with Gasteiger partial charge >= 0.3 is 6.09 Å². The van der Waals surface area contributed by atoms with Gasteiger partial charge in [0.25, 0.3) is 0 Å². The van der Waals surface area contributed by atoms with Gasteiger partial charge in [0.1, 0.15) is 5.60 Å². The van der Waals surface area contributed by atoms with E-state index in [1.54, 1.807) is 4.68 Å². The van der Waals surface area contributed by atoms with E-state index in [1.807, 2.05) is 59.9 Å². The van der Waals surface area contributed by atoms with Crippen LogP contribution in [-0.2, 0) is 21.4 Å². The number of amides is 2. The zero-order chi connectivity index (χ0) is 23.4. The number of nitrogens with one attached hydrogen (secondary N) is 1. The average molecular weight is 438 g/mol. The summed E-state index contributed by atoms with van der Waals surface area (Å²) in [6.45, 7) is 9.13. The van der Waals surface area contributed by atoms with Crippen molar-refractivity contribution in [3.8, 4) is 11.1 Å². The molecule has 1 aliphatic heterocycles. The lowest BCUT2D eigenvalue weighted by atomic mass is 9.92. The monoisotopic (exact) mass is 437 g/mol. The largest absolute Gasteiger partial charge is 0.442 e. The summed E-state index contributed by atoms with van der Waals surface area (Å²) in [6.07, 6.45) is 0.222. The Morgan fingerprint density at radius 1 is 1.19 bits per heavy atom. The molecular formula is C23H27N5O4. The maximum absolute atomic E-state index is 12.6. The van der Waals surface area contributed by atoms with Crippen molar-refractivity contribution in [3.63, 3.8) is 0 Å². The Morgan fingerprint density at radius 2 is 1.91 bits per heavy atom. The first-order valence-electron chi connectivity index (χ1n) is 10.6. The van der Waals surface area contributed by atoms with Gasteiger partial charge in [0.2, 0.25) is 11.8 Å². The standard InChI is InChI=1S/C23H27N5O4/c1-12-19(13(2)28(25-12)22(31)32-23(3,4)5)14-7-8-15-17(11-14)27(6)26-20(15)16-9-10-18(29)24-21(16)30/h7-8,11,16H,9-10H2,1-6H3,(H,24,29,30). The number of carbonyl (C=O) groups excluding carboxylic acids is 3. The highest BCUT2D eigenvalue weighted by Crippen LogP contribution is 2.34. The molecule has 168 valence electrons. The number of nitrogens with zero attached hydrogens (tertiary/aromatic N) is 4. The normalized spacial score (nSPS) is 17.0. The molecule has 1 aliphatic rings. The quantitative estimate of drug-likeness (QED) is 0.616. The number of benzene rings is 1. The second-order valence-electron chi connectivity index (χ2n) is 9.18. The van der Waals surface area contributed by atoms with Crippen LogP contribution in [0.2, 0.25) is 0 Å². The van der Waals surface area contributed by atoms with Gasteiger partial charge in [0.05, 0.1) is 28.5 Å². The Bertz CT molecular complexity index is 1260. The summed E-state index contributed by atoms with van der Waals surface area (Å²) in [6, 6.07) is 5.85. The molecule has 1 atom stereocenters. The van der Waals surface area contributed by atoms with Gasteiger partial charge in [-0.2, -0.15) is 14.9 Å². The fourth-order valence-corrected chi connectivity index (χ4v) is 4.20. The van der Waals surface area contributed by atoms with Gasteiger partial charge in [-0.3, -0.25) is 19.6 Å². The molecule has 0 aliphatic carbocycles. The first-order chi connectivity index (χ1) is 15.0. The summed E-state index contributed by atoms with van der Waals surface area (Å²) in [4.78, 5) is 36.5. The van der Waals surface area contributed by atoms with Crippen molar-refractivity contribution in [1.82, 2.24) is 24.9 Å². The molecule has 32 heavy (non-hydrogen) atoms. The highest BCUT2D eigenvalue weighted by molar-refractivity contribution is 6.02. The van der Waals surface area contributed by atoms with E-state index >= 15 is 0 Å². The molecule has 4 rings (SSSR count). The van der Waals surface area contributed by atoms with Gasteiger partial charge in [-0.25, -0.2) is 4.79 Å². The Kier molecular flexibility index (Phi) is 5.15. The van der Waals surface area contributed by atoms with E-state index in [9.17, 15) is 14.4 Å². The van der Waals surface area contributed by atoms with Crippen molar-refractivity contribution in [2.24, 2.45) is 7.05 Å². The smallest absolute Gasteiger partial charge is 0.435 e. The number of hydrogen-bond acceptors (Lipinski definition) is 6. The van der Waals surface area contributed by atoms with Gasteiger partial charge in [-0.05, 0) is 52.7 Å². The van der Waals surface area contributed by atoms with Crippen LogP contribution < -0.4 is 5.32 Å². The molecule has 0 saturated carbocycles. The number of piperidine rings is 1. The molecule has 9 nitrogen and oxygen atoms in total. The Balaban J connectivity index is 1.75. The van der Waals surface area contributed by atoms with Crippen LogP contribution in [0.1, 0.15) is 56.6 Å². The van der Waals surface area contributed by atoms with E-state index < -0.39 is 17.6 Å². The molecule has 0 spiro atoms. The summed E-state index contributed by atoms with van der Waals surface area (Å²) < 4.78 is 8.50. The van der Waals surface area contributed by atoms with E-state index in [1.165, 1.54) is 4.68 Å². The first kappa shape index (κ1) is 21.7. The summed E-state index contributed by atoms with van der Waals surface area (Å²) in [7, 11) is 1.82. The van der Waals surface area contributed by atoms with E-state index in [-0.39, 0.29) is 11.8 Å². The van der Waals surface area contributed by atoms with Crippen molar-refractivity contribution in [2.75, 3.05) is 0 Å². The van der Waals surface area contributed by atoms with Crippen LogP contribution in [-0.4, -0.2) is 43.1 Å². The number of ether oxygens (including phenoxy) is 1. The second-order valence-corrected chi connectivity index (χ2v) is 9.18. The molecule has 1 fully saturated rings. The average Bonchev–Trinajstić information content (AvgIpc) is 3.16. The molecule has 0 radical (unpaired) electrons. The third kappa shape index (κ3) is 3.79. The number of aryl methyl sites for hydroxylation is 2. The van der Waals surface area contributed by atoms with Crippen molar-refractivity contribution in [3.05, 3.63) is 35.3 Å². The first-order valence-corrected chi connectivity index (χ1v) is 10.6. The summed E-state index contributed by atoms with van der Waals surface area (Å²) >= 11 is 0. The van der Waals surface area contributed by atoms with E-state index in [0.717, 1.165) is 22.0 Å². The number of rotatable bonds is 2. The fourth-order valence-electron chi connectivity index (χ4n) is 4.20. The van der Waals surface area contributed by atoms with Crippen LogP contribution in [0.25, 0.3) is 22.0 Å². The molecule has 2 amide bonds. The van der Waals surface area contributed by atoms with Crippen LogP contribution in [0.15, 0.2) is 18.2 Å². The minimum absolute atomic E-state index is 0.248. The number of fused-ring (bicyclic) bond motifs is 1. The van der Waals surface area contributed by atoms with Gasteiger partial charge < -0.3 is 4.74 Å². The topological polar surface area (TPSA) is 108 Å². The van der Waals surface area contributed by atoms with Crippen molar-refractivity contribution < 1.29 is 19.1 Å². The zero-order valence-electron chi connectivity index (χ0n) is 19.1. The van der Waals surface area contributed by atoms with Crippen LogP contribution in [0.3, 0.4) is 0 Å². The number of carbonyl (C=O) groups is 3. The molecule has 0 bridgehead atoms. The molecule has 1 N–H and O–H groups in total. The summed E-state index contributed by atoms with van der Waals surface area (Å²) in [5.41, 5.74) is 4.03. The molecule has 2 aromatic heterocycles. The molecule has 3 aromatic rings. The van der Waals surface area contributed by atoms with Crippen LogP contribution >= 0.6 is 0 Å². The number of hydrogen-bond donors (Lipinski definition) is 1. The molecule has 9 heteroatoms. The van der Waals surface area contributed by atoms with Crippen LogP contribution in [0.5, 0.6) is 0 Å². The van der Waals surface area contributed by atoms with E-state index in [4.69, 9.17) is 4.74 Å². The number of imide groups is 1. The molecule has 1 saturated heterocycles. The van der Waals surface area contributed by atoms with Crippen molar-refractivity contribution in [1.29, 1.82) is 0 Å². The fraction of sp³-hybridized carbons (Fsp3) is 0.435. The summed E-state index contributed by atoms with van der Waals surface area (Å²) in [5.74, 6) is -1.02. The lowest BCUT2D eigenvalue weighted by Gasteiger charge is -2.19. The predicted octanol–water partition coefficient (Wildman–Crippen LogP) is 3.36. The highest BCUT2D eigenvalue weighted by Gasteiger charge is 2.32. The highest BCUT2D eigenvalue weighted by atomic mass is 16.6. The number of aromatic nitrogens is 4. The Labute approximate surface area is 185 Å². The van der Waals surface area contributed by atoms with Crippen LogP contribution in [0, 0.1) is 13.8 Å². The minimum atomic E-state index is -0.621. The molecule has 1 unspecified atom stereocenters. The predicted molar refractivity (Wildman–Crippen MR) is 118 cm³/mol. The minimum Gasteiger partial charge on any atom is -0.442 e.